The van der Waals surface area contributed by atoms with E-state index in [0.717, 1.165) is 54.6 Å². The van der Waals surface area contributed by atoms with Crippen LogP contribution in [-0.4, -0.2) is 24.4 Å². The Balaban J connectivity index is 0.000000298. The Morgan fingerprint density at radius 1 is 1.24 bits per heavy atom. The molecule has 1 aliphatic heterocycles. The van der Waals surface area contributed by atoms with E-state index >= 15 is 0 Å². The third kappa shape index (κ3) is 11.1. The van der Waals surface area contributed by atoms with Crippen molar-refractivity contribution in [3.63, 3.8) is 0 Å². The second-order valence-electron chi connectivity index (χ2n) is 8.27. The zero-order valence-electron chi connectivity index (χ0n) is 21.7. The normalized spacial score (nSPS) is 13.1. The molecule has 0 fully saturated rings. The van der Waals surface area contributed by atoms with E-state index in [1.165, 1.54) is 27.6 Å². The van der Waals surface area contributed by atoms with Crippen LogP contribution in [0, 0.1) is 11.8 Å². The van der Waals surface area contributed by atoms with Gasteiger partial charge in [-0.25, -0.2) is 4.98 Å². The number of nitrogens with zero attached hydrogens (tertiary/aromatic N) is 2. The number of fused-ring (bicyclic) bond motifs is 1. The smallest absolute Gasteiger partial charge is 0.365 e. The van der Waals surface area contributed by atoms with Crippen LogP contribution in [0.1, 0.15) is 60.4 Å². The van der Waals surface area contributed by atoms with Crippen molar-refractivity contribution < 1.29 is 13.2 Å². The fourth-order valence-electron chi connectivity index (χ4n) is 3.62. The maximum atomic E-state index is 11.8. The molecule has 2 heterocycles. The van der Waals surface area contributed by atoms with Crippen LogP contribution in [0.2, 0.25) is 0 Å². The molecule has 1 aromatic heterocycles. The minimum Gasteiger partial charge on any atom is -0.365 e. The standard InChI is InChI=1S/C19H19N3S.C11H15F3/c1-3-5-17-18(23-19(20-2)22-17)13-14-7-8-15-9-11-21-10-4-6-16(15)12-14;1-3-6-10(7-4-2)8-5-9-11(12,13)14/h4,7-8,10-12H,6,9,13H2,1-2H3,(H,20,22);3,5-6,8H,1,4,7,9H2,2H3/b;8-5-,10-6-. The Morgan fingerprint density at radius 2 is 2.05 bits per heavy atom. The van der Waals surface area contributed by atoms with Gasteiger partial charge in [-0.3, -0.25) is 4.99 Å². The number of benzene rings is 1. The summed E-state index contributed by atoms with van der Waals surface area (Å²) in [5.41, 5.74) is 5.81. The highest BCUT2D eigenvalue weighted by Gasteiger charge is 2.24. The monoisotopic (exact) mass is 525 g/mol. The van der Waals surface area contributed by atoms with Gasteiger partial charge in [0.1, 0.15) is 5.69 Å². The zero-order chi connectivity index (χ0) is 27.1. The SMILES string of the molecule is C=C/C=C(\C=C/CC(F)(F)F)CCC.CC#Cc1nc(NC)sc1Cc1ccc2c(c1)CC=CN=CC2. The molecule has 0 amide bonds. The number of nitrogens with one attached hydrogen (secondary N) is 1. The molecule has 2 aromatic rings. The summed E-state index contributed by atoms with van der Waals surface area (Å²) in [5, 5.41) is 4.03. The molecular formula is C30H34F3N3S. The minimum atomic E-state index is -4.11. The van der Waals surface area contributed by atoms with Gasteiger partial charge in [0.25, 0.3) is 0 Å². The molecule has 0 unspecified atom stereocenters. The van der Waals surface area contributed by atoms with E-state index in [9.17, 15) is 13.2 Å². The second kappa shape index (κ2) is 15.7. The van der Waals surface area contributed by atoms with E-state index in [0.29, 0.717) is 0 Å². The summed E-state index contributed by atoms with van der Waals surface area (Å²) in [5.74, 6) is 6.07. The average Bonchev–Trinajstić information content (AvgIpc) is 3.21. The minimum absolute atomic E-state index is 0.778. The molecule has 196 valence electrons. The lowest BCUT2D eigenvalue weighted by Gasteiger charge is -2.10. The molecule has 0 bridgehead atoms. The van der Waals surface area contributed by atoms with Crippen molar-refractivity contribution in [1.29, 1.82) is 0 Å². The molecule has 37 heavy (non-hydrogen) atoms. The predicted molar refractivity (Wildman–Crippen MR) is 152 cm³/mol. The molecule has 0 spiro atoms. The van der Waals surface area contributed by atoms with E-state index in [2.05, 4.69) is 58.0 Å². The number of halogens is 3. The lowest BCUT2D eigenvalue weighted by Crippen LogP contribution is -2.04. The fraction of sp³-hybridized carbons (Fsp3) is 0.333. The molecule has 3 rings (SSSR count). The van der Waals surface area contributed by atoms with Gasteiger partial charge in [-0.05, 0) is 47.9 Å². The van der Waals surface area contributed by atoms with Gasteiger partial charge >= 0.3 is 6.18 Å². The molecule has 1 aromatic carbocycles. The third-order valence-corrected chi connectivity index (χ3v) is 6.36. The van der Waals surface area contributed by atoms with Crippen LogP contribution < -0.4 is 5.32 Å². The molecular weight excluding hydrogens is 491 g/mol. The summed E-state index contributed by atoms with van der Waals surface area (Å²) in [6.07, 6.45) is 11.3. The van der Waals surface area contributed by atoms with Crippen molar-refractivity contribution in [3.05, 3.63) is 94.2 Å². The summed E-state index contributed by atoms with van der Waals surface area (Å²) >= 11 is 1.68. The zero-order valence-corrected chi connectivity index (χ0v) is 22.5. The largest absolute Gasteiger partial charge is 0.392 e. The number of allylic oxidation sites excluding steroid dienone is 6. The highest BCUT2D eigenvalue weighted by atomic mass is 32.1. The van der Waals surface area contributed by atoms with Crippen LogP contribution in [0.15, 0.2) is 71.9 Å². The Kier molecular flexibility index (Phi) is 12.7. The maximum Gasteiger partial charge on any atom is 0.392 e. The quantitative estimate of drug-likeness (QED) is 0.278. The fourth-order valence-corrected chi connectivity index (χ4v) is 4.52. The summed E-state index contributed by atoms with van der Waals surface area (Å²) in [6.45, 7) is 7.34. The topological polar surface area (TPSA) is 37.3 Å². The maximum absolute atomic E-state index is 11.8. The van der Waals surface area contributed by atoms with Gasteiger partial charge in [0, 0.05) is 37.2 Å². The molecule has 1 aliphatic rings. The van der Waals surface area contributed by atoms with Gasteiger partial charge in [0.15, 0.2) is 5.13 Å². The average molecular weight is 526 g/mol. The van der Waals surface area contributed by atoms with Crippen molar-refractivity contribution in [3.8, 4) is 11.8 Å². The summed E-state index contributed by atoms with van der Waals surface area (Å²) in [7, 11) is 1.89. The van der Waals surface area contributed by atoms with E-state index in [1.54, 1.807) is 23.5 Å². The van der Waals surface area contributed by atoms with Gasteiger partial charge < -0.3 is 5.32 Å². The lowest BCUT2D eigenvalue weighted by molar-refractivity contribution is -0.125. The van der Waals surface area contributed by atoms with E-state index < -0.39 is 12.6 Å². The summed E-state index contributed by atoms with van der Waals surface area (Å²) in [6, 6.07) is 6.74. The molecule has 3 nitrogen and oxygen atoms in total. The Bertz CT molecular complexity index is 1200. The van der Waals surface area contributed by atoms with Crippen LogP contribution in [-0.2, 0) is 19.3 Å². The van der Waals surface area contributed by atoms with Gasteiger partial charge in [-0.2, -0.15) is 13.2 Å². The third-order valence-electron chi connectivity index (χ3n) is 5.29. The van der Waals surface area contributed by atoms with Crippen molar-refractivity contribution in [2.75, 3.05) is 12.4 Å². The predicted octanol–water partition coefficient (Wildman–Crippen LogP) is 8.24. The number of anilines is 1. The molecule has 0 radical (unpaired) electrons. The van der Waals surface area contributed by atoms with Gasteiger partial charge in [-0.15, -0.1) is 11.3 Å². The molecule has 0 aliphatic carbocycles. The van der Waals surface area contributed by atoms with Crippen molar-refractivity contribution in [1.82, 2.24) is 4.98 Å². The molecule has 7 heteroatoms. The van der Waals surface area contributed by atoms with E-state index in [-0.39, 0.29) is 0 Å². The molecule has 0 saturated heterocycles. The van der Waals surface area contributed by atoms with Crippen LogP contribution >= 0.6 is 11.3 Å². The Labute approximate surface area is 222 Å². The first-order chi connectivity index (χ1) is 17.8. The second-order valence-corrected chi connectivity index (χ2v) is 9.35. The molecule has 0 atom stereocenters. The van der Waals surface area contributed by atoms with Crippen LogP contribution in [0.3, 0.4) is 0 Å². The lowest BCUT2D eigenvalue weighted by atomic mass is 9.97. The summed E-state index contributed by atoms with van der Waals surface area (Å²) < 4.78 is 35.4. The Hall–Kier alpha value is -3.37. The highest BCUT2D eigenvalue weighted by Crippen LogP contribution is 2.26. The van der Waals surface area contributed by atoms with Crippen molar-refractivity contribution in [2.45, 2.75) is 58.5 Å². The first-order valence-electron chi connectivity index (χ1n) is 12.2. The molecule has 1 N–H and O–H groups in total. The van der Waals surface area contributed by atoms with Crippen LogP contribution in [0.4, 0.5) is 18.3 Å². The van der Waals surface area contributed by atoms with Gasteiger partial charge in [0.2, 0.25) is 0 Å². The van der Waals surface area contributed by atoms with Crippen LogP contribution in [0.5, 0.6) is 0 Å². The van der Waals surface area contributed by atoms with Crippen LogP contribution in [0.25, 0.3) is 0 Å². The van der Waals surface area contributed by atoms with Gasteiger partial charge in [-0.1, -0.05) is 74.4 Å². The number of hydrogen-bond acceptors (Lipinski definition) is 4. The number of aliphatic imine (C=N–C) groups is 1. The number of hydrogen-bond donors (Lipinski definition) is 1. The van der Waals surface area contributed by atoms with E-state index in [1.807, 2.05) is 33.3 Å². The van der Waals surface area contributed by atoms with E-state index in [4.69, 9.17) is 0 Å². The number of aromatic nitrogens is 1. The Morgan fingerprint density at radius 3 is 2.73 bits per heavy atom. The molecule has 0 saturated carbocycles. The number of alkyl halides is 3. The first-order valence-corrected chi connectivity index (χ1v) is 13.0. The number of thiazole rings is 1. The highest BCUT2D eigenvalue weighted by molar-refractivity contribution is 7.15. The van der Waals surface area contributed by atoms with Gasteiger partial charge in [0.05, 0.1) is 6.42 Å². The number of rotatable bonds is 8. The first kappa shape index (κ1) is 29.9. The van der Waals surface area contributed by atoms with Crippen molar-refractivity contribution in [2.24, 2.45) is 4.99 Å². The summed E-state index contributed by atoms with van der Waals surface area (Å²) in [4.78, 5) is 9.98. The van der Waals surface area contributed by atoms with Crippen molar-refractivity contribution >= 4 is 22.7 Å².